The third kappa shape index (κ3) is 3.61. The Labute approximate surface area is 142 Å². The maximum absolute atomic E-state index is 11.2. The Kier molecular flexibility index (Phi) is 5.11. The summed E-state index contributed by atoms with van der Waals surface area (Å²) in [4.78, 5) is 14.6. The van der Waals surface area contributed by atoms with Gasteiger partial charge in [0.25, 0.3) is 0 Å². The first-order chi connectivity index (χ1) is 10.3. The van der Waals surface area contributed by atoms with Crippen LogP contribution in [0.5, 0.6) is 0 Å². The fourth-order valence-corrected chi connectivity index (χ4v) is 2.94. The predicted molar refractivity (Wildman–Crippen MR) is 89.1 cm³/mol. The Morgan fingerprint density at radius 2 is 1.95 bits per heavy atom. The van der Waals surface area contributed by atoms with E-state index in [2.05, 4.69) is 10.3 Å². The van der Waals surface area contributed by atoms with Crippen molar-refractivity contribution in [2.75, 3.05) is 5.32 Å². The second kappa shape index (κ2) is 6.69. The first kappa shape index (κ1) is 16.8. The summed E-state index contributed by atoms with van der Waals surface area (Å²) < 4.78 is 0. The van der Waals surface area contributed by atoms with Gasteiger partial charge in [-0.1, -0.05) is 40.9 Å². The molecule has 22 heavy (non-hydrogen) atoms. The molecule has 0 radical (unpaired) electrons. The lowest BCUT2D eigenvalue weighted by Gasteiger charge is -2.17. The summed E-state index contributed by atoms with van der Waals surface area (Å²) in [6.07, 6.45) is 0. The molecule has 0 amide bonds. The van der Waals surface area contributed by atoms with Crippen LogP contribution in [-0.2, 0) is 0 Å². The molecule has 0 aliphatic rings. The Hall–Kier alpha value is -1.56. The molecule has 1 heterocycles. The molecule has 0 unspecified atom stereocenters. The van der Waals surface area contributed by atoms with Crippen LogP contribution in [0, 0.1) is 17.0 Å². The smallest absolute Gasteiger partial charge is 0.313 e. The number of nitrogens with one attached hydrogen (secondary N) is 1. The quantitative estimate of drug-likeness (QED) is 0.448. The second-order valence-electron chi connectivity index (χ2n) is 4.72. The Bertz CT molecular complexity index is 738. The number of halogens is 3. The number of hydrogen-bond donors (Lipinski definition) is 1. The zero-order valence-corrected chi connectivity index (χ0v) is 14.0. The topological polar surface area (TPSA) is 68.1 Å². The molecule has 0 bridgehead atoms. The zero-order valence-electron chi connectivity index (χ0n) is 11.7. The van der Waals surface area contributed by atoms with Crippen molar-refractivity contribution in [3.8, 4) is 0 Å². The number of pyridine rings is 1. The average molecular weight is 361 g/mol. The van der Waals surface area contributed by atoms with Gasteiger partial charge in [-0.05, 0) is 31.5 Å². The normalized spacial score (nSPS) is 12.0. The van der Waals surface area contributed by atoms with E-state index in [1.807, 2.05) is 6.92 Å². The van der Waals surface area contributed by atoms with Gasteiger partial charge in [-0.2, -0.15) is 0 Å². The molecule has 116 valence electrons. The van der Waals surface area contributed by atoms with Gasteiger partial charge in [-0.3, -0.25) is 10.1 Å². The van der Waals surface area contributed by atoms with Gasteiger partial charge in [-0.25, -0.2) is 4.98 Å². The summed E-state index contributed by atoms with van der Waals surface area (Å²) in [6, 6.07) is 6.24. The molecule has 2 rings (SSSR count). The first-order valence-corrected chi connectivity index (χ1v) is 7.46. The SMILES string of the molecule is Cc1nc(Cl)cc(N[C@H](C)c2ccc(Cl)cc2Cl)c1[N+](=O)[O-]. The minimum absolute atomic E-state index is 0.110. The number of aryl methyl sites for hydroxylation is 1. The Balaban J connectivity index is 2.39. The monoisotopic (exact) mass is 359 g/mol. The summed E-state index contributed by atoms with van der Waals surface area (Å²) in [5.74, 6) is 0. The number of nitro groups is 1. The number of hydrogen-bond acceptors (Lipinski definition) is 4. The van der Waals surface area contributed by atoms with Gasteiger partial charge < -0.3 is 5.32 Å². The fourth-order valence-electron chi connectivity index (χ4n) is 2.13. The van der Waals surface area contributed by atoms with E-state index in [1.165, 1.54) is 13.0 Å². The van der Waals surface area contributed by atoms with E-state index in [4.69, 9.17) is 34.8 Å². The van der Waals surface area contributed by atoms with Crippen LogP contribution < -0.4 is 5.32 Å². The number of rotatable bonds is 4. The van der Waals surface area contributed by atoms with Gasteiger partial charge in [-0.15, -0.1) is 0 Å². The van der Waals surface area contributed by atoms with Crippen molar-refractivity contribution in [2.45, 2.75) is 19.9 Å². The van der Waals surface area contributed by atoms with Crippen LogP contribution in [0.25, 0.3) is 0 Å². The van der Waals surface area contributed by atoms with E-state index in [-0.39, 0.29) is 22.6 Å². The molecule has 1 atom stereocenters. The molecule has 5 nitrogen and oxygen atoms in total. The molecule has 8 heteroatoms. The van der Waals surface area contributed by atoms with Gasteiger partial charge in [0, 0.05) is 16.1 Å². The lowest BCUT2D eigenvalue weighted by molar-refractivity contribution is -0.384. The number of aromatic nitrogens is 1. The van der Waals surface area contributed by atoms with E-state index < -0.39 is 4.92 Å². The van der Waals surface area contributed by atoms with Crippen LogP contribution in [0.3, 0.4) is 0 Å². The molecule has 0 saturated carbocycles. The molecular formula is C14H12Cl3N3O2. The third-order valence-corrected chi connectivity index (χ3v) is 3.88. The van der Waals surface area contributed by atoms with Crippen LogP contribution in [0.4, 0.5) is 11.4 Å². The summed E-state index contributed by atoms with van der Waals surface area (Å²) in [7, 11) is 0. The second-order valence-corrected chi connectivity index (χ2v) is 5.95. The van der Waals surface area contributed by atoms with Crippen LogP contribution in [0.2, 0.25) is 15.2 Å². The summed E-state index contributed by atoms with van der Waals surface area (Å²) >= 11 is 17.9. The van der Waals surface area contributed by atoms with Crippen molar-refractivity contribution in [2.24, 2.45) is 0 Å². The summed E-state index contributed by atoms with van der Waals surface area (Å²) in [5.41, 5.74) is 1.20. The molecule has 0 fully saturated rings. The highest BCUT2D eigenvalue weighted by molar-refractivity contribution is 6.35. The molecular weight excluding hydrogens is 349 g/mol. The predicted octanol–water partition coefficient (Wildman–Crippen LogP) is 5.43. The van der Waals surface area contributed by atoms with Crippen LogP contribution in [-0.4, -0.2) is 9.91 Å². The molecule has 1 aromatic heterocycles. The number of anilines is 1. The Morgan fingerprint density at radius 1 is 1.27 bits per heavy atom. The molecule has 1 N–H and O–H groups in total. The maximum Gasteiger partial charge on any atom is 0.313 e. The zero-order chi connectivity index (χ0) is 16.4. The molecule has 2 aromatic rings. The fraction of sp³-hybridized carbons (Fsp3) is 0.214. The largest absolute Gasteiger partial charge is 0.373 e. The summed E-state index contributed by atoms with van der Waals surface area (Å²) in [6.45, 7) is 3.37. The number of nitrogens with zero attached hydrogens (tertiary/aromatic N) is 2. The van der Waals surface area contributed by atoms with Crippen molar-refractivity contribution >= 4 is 46.2 Å². The lowest BCUT2D eigenvalue weighted by atomic mass is 10.1. The van der Waals surface area contributed by atoms with Crippen molar-refractivity contribution in [3.63, 3.8) is 0 Å². The van der Waals surface area contributed by atoms with Crippen LogP contribution in [0.15, 0.2) is 24.3 Å². The molecule has 1 aromatic carbocycles. The highest BCUT2D eigenvalue weighted by Crippen LogP contribution is 2.34. The minimum Gasteiger partial charge on any atom is -0.373 e. The highest BCUT2D eigenvalue weighted by Gasteiger charge is 2.22. The van der Waals surface area contributed by atoms with Gasteiger partial charge in [0.15, 0.2) is 0 Å². The summed E-state index contributed by atoms with van der Waals surface area (Å²) in [5, 5.41) is 15.5. The van der Waals surface area contributed by atoms with E-state index in [0.717, 1.165) is 5.56 Å². The molecule has 0 spiro atoms. The van der Waals surface area contributed by atoms with E-state index >= 15 is 0 Å². The maximum atomic E-state index is 11.2. The number of benzene rings is 1. The third-order valence-electron chi connectivity index (χ3n) is 3.12. The molecule has 0 aliphatic carbocycles. The lowest BCUT2D eigenvalue weighted by Crippen LogP contribution is -2.10. The molecule has 0 saturated heterocycles. The van der Waals surface area contributed by atoms with E-state index in [9.17, 15) is 10.1 Å². The standard InChI is InChI=1S/C14H12Cl3N3O2/c1-7(10-4-3-9(15)5-11(10)16)18-12-6-13(17)19-8(2)14(12)20(21)22/h3-7H,1-2H3,(H,18,19)/t7-/m1/s1. The van der Waals surface area contributed by atoms with Crippen molar-refractivity contribution < 1.29 is 4.92 Å². The van der Waals surface area contributed by atoms with Crippen LogP contribution >= 0.6 is 34.8 Å². The van der Waals surface area contributed by atoms with Gasteiger partial charge in [0.1, 0.15) is 16.5 Å². The van der Waals surface area contributed by atoms with E-state index in [1.54, 1.807) is 18.2 Å². The minimum atomic E-state index is -0.489. The van der Waals surface area contributed by atoms with Gasteiger partial charge in [0.05, 0.1) is 11.0 Å². The Morgan fingerprint density at radius 3 is 2.55 bits per heavy atom. The highest BCUT2D eigenvalue weighted by atomic mass is 35.5. The van der Waals surface area contributed by atoms with E-state index in [0.29, 0.717) is 15.7 Å². The van der Waals surface area contributed by atoms with Crippen molar-refractivity contribution in [3.05, 3.63) is 60.8 Å². The first-order valence-electron chi connectivity index (χ1n) is 6.32. The van der Waals surface area contributed by atoms with Gasteiger partial charge in [0.2, 0.25) is 0 Å². The van der Waals surface area contributed by atoms with Crippen molar-refractivity contribution in [1.82, 2.24) is 4.98 Å². The van der Waals surface area contributed by atoms with Crippen molar-refractivity contribution in [1.29, 1.82) is 0 Å². The van der Waals surface area contributed by atoms with Gasteiger partial charge >= 0.3 is 5.69 Å². The molecule has 0 aliphatic heterocycles. The van der Waals surface area contributed by atoms with Crippen LogP contribution in [0.1, 0.15) is 24.2 Å². The average Bonchev–Trinajstić information content (AvgIpc) is 2.36.